The zero-order valence-corrected chi connectivity index (χ0v) is 19.2. The van der Waals surface area contributed by atoms with Crippen LogP contribution < -0.4 is 15.2 Å². The molecule has 0 aliphatic heterocycles. The van der Waals surface area contributed by atoms with Crippen LogP contribution >= 0.6 is 0 Å². The number of para-hydroxylation sites is 1. The number of carbonyl (C=O) groups is 2. The quantitative estimate of drug-likeness (QED) is 0.175. The van der Waals surface area contributed by atoms with Gasteiger partial charge in [0.2, 0.25) is 0 Å². The molecule has 0 aromatic heterocycles. The molecule has 2 N–H and O–H groups in total. The minimum absolute atomic E-state index is 0.173. The molecule has 0 spiro atoms. The average molecular weight is 472 g/mol. The third-order valence-electron chi connectivity index (χ3n) is 5.70. The second kappa shape index (κ2) is 11.3. The van der Waals surface area contributed by atoms with Gasteiger partial charge < -0.3 is 15.2 Å². The van der Waals surface area contributed by atoms with Gasteiger partial charge in [-0.15, -0.1) is 0 Å². The van der Waals surface area contributed by atoms with Crippen molar-refractivity contribution in [3.05, 3.63) is 107 Å². The van der Waals surface area contributed by atoms with Gasteiger partial charge in [0.05, 0.1) is 5.56 Å². The standard InChI is InChI=1S/C29H26FNO4/c30-26-10-4-2-8-23(26)19-34-24-16-15-21-17-20(13-14-22(21)18-24)7-1-6-12-28(32)35-27-11-5-3-9-25(27)29(31)33/h2-5,8-11,13-18H,1,6-7,12,19H2,(H2,31,33). The summed E-state index contributed by atoms with van der Waals surface area (Å²) in [5, 5.41) is 2.12. The van der Waals surface area contributed by atoms with E-state index in [4.69, 9.17) is 15.2 Å². The minimum Gasteiger partial charge on any atom is -0.489 e. The number of esters is 1. The van der Waals surface area contributed by atoms with Crippen LogP contribution in [0.5, 0.6) is 11.5 Å². The van der Waals surface area contributed by atoms with Gasteiger partial charge in [-0.1, -0.05) is 54.6 Å². The number of aryl methyl sites for hydroxylation is 1. The van der Waals surface area contributed by atoms with E-state index in [1.54, 1.807) is 36.4 Å². The fourth-order valence-electron chi connectivity index (χ4n) is 3.83. The van der Waals surface area contributed by atoms with Crippen LogP contribution in [-0.4, -0.2) is 11.9 Å². The van der Waals surface area contributed by atoms with E-state index in [1.807, 2.05) is 24.3 Å². The second-order valence-electron chi connectivity index (χ2n) is 8.26. The highest BCUT2D eigenvalue weighted by molar-refractivity contribution is 5.96. The fourth-order valence-corrected chi connectivity index (χ4v) is 3.83. The zero-order valence-electron chi connectivity index (χ0n) is 19.2. The molecule has 0 fully saturated rings. The lowest BCUT2D eigenvalue weighted by atomic mass is 10.0. The van der Waals surface area contributed by atoms with Crippen molar-refractivity contribution in [3.63, 3.8) is 0 Å². The molecule has 4 aromatic carbocycles. The van der Waals surface area contributed by atoms with E-state index in [1.165, 1.54) is 17.7 Å². The summed E-state index contributed by atoms with van der Waals surface area (Å²) in [4.78, 5) is 23.6. The van der Waals surface area contributed by atoms with Gasteiger partial charge in [0.1, 0.15) is 23.9 Å². The first kappa shape index (κ1) is 24.0. The van der Waals surface area contributed by atoms with Crippen molar-refractivity contribution in [3.8, 4) is 11.5 Å². The molecule has 0 radical (unpaired) electrons. The number of hydrogen-bond acceptors (Lipinski definition) is 4. The fraction of sp³-hybridized carbons (Fsp3) is 0.172. The Hall–Kier alpha value is -4.19. The molecule has 5 nitrogen and oxygen atoms in total. The van der Waals surface area contributed by atoms with E-state index in [-0.39, 0.29) is 36.1 Å². The molecule has 0 saturated carbocycles. The number of halogens is 1. The summed E-state index contributed by atoms with van der Waals surface area (Å²) in [5.74, 6) is -0.419. The number of benzene rings is 4. The Balaban J connectivity index is 1.27. The van der Waals surface area contributed by atoms with E-state index in [9.17, 15) is 14.0 Å². The Labute approximate surface area is 203 Å². The maximum atomic E-state index is 13.8. The summed E-state index contributed by atoms with van der Waals surface area (Å²) >= 11 is 0. The van der Waals surface area contributed by atoms with Crippen LogP contribution in [0.1, 0.15) is 40.7 Å². The predicted molar refractivity (Wildman–Crippen MR) is 133 cm³/mol. The third-order valence-corrected chi connectivity index (χ3v) is 5.70. The van der Waals surface area contributed by atoms with Crippen molar-refractivity contribution in [2.45, 2.75) is 32.3 Å². The Bertz CT molecular complexity index is 1350. The van der Waals surface area contributed by atoms with Crippen molar-refractivity contribution in [1.82, 2.24) is 0 Å². The van der Waals surface area contributed by atoms with E-state index >= 15 is 0 Å². The number of fused-ring (bicyclic) bond motifs is 1. The SMILES string of the molecule is NC(=O)c1ccccc1OC(=O)CCCCc1ccc2cc(OCc3ccccc3F)ccc2c1. The topological polar surface area (TPSA) is 78.6 Å². The molecular formula is C29H26FNO4. The second-order valence-corrected chi connectivity index (χ2v) is 8.26. The third kappa shape index (κ3) is 6.44. The molecule has 1 amide bonds. The van der Waals surface area contributed by atoms with Crippen LogP contribution in [0.2, 0.25) is 0 Å². The van der Waals surface area contributed by atoms with Gasteiger partial charge in [-0.3, -0.25) is 9.59 Å². The van der Waals surface area contributed by atoms with E-state index < -0.39 is 5.91 Å². The maximum Gasteiger partial charge on any atom is 0.311 e. The molecule has 0 bridgehead atoms. The number of ether oxygens (including phenoxy) is 2. The lowest BCUT2D eigenvalue weighted by Gasteiger charge is -2.09. The largest absolute Gasteiger partial charge is 0.489 e. The van der Waals surface area contributed by atoms with Crippen LogP contribution in [0.3, 0.4) is 0 Å². The monoisotopic (exact) mass is 471 g/mol. The molecule has 0 aliphatic carbocycles. The number of rotatable bonds is 10. The van der Waals surface area contributed by atoms with Crippen LogP contribution in [0, 0.1) is 5.82 Å². The van der Waals surface area contributed by atoms with Gasteiger partial charge in [0.15, 0.2) is 0 Å². The van der Waals surface area contributed by atoms with Gasteiger partial charge in [0, 0.05) is 12.0 Å². The van der Waals surface area contributed by atoms with Gasteiger partial charge in [-0.25, -0.2) is 4.39 Å². The number of primary amides is 1. The molecule has 4 aromatic rings. The van der Waals surface area contributed by atoms with Crippen molar-refractivity contribution in [2.24, 2.45) is 5.73 Å². The normalized spacial score (nSPS) is 10.8. The van der Waals surface area contributed by atoms with Gasteiger partial charge in [-0.05, 0) is 65.9 Å². The summed E-state index contributed by atoms with van der Waals surface area (Å²) in [7, 11) is 0. The lowest BCUT2D eigenvalue weighted by Crippen LogP contribution is -2.15. The Kier molecular flexibility index (Phi) is 7.73. The predicted octanol–water partition coefficient (Wildman–Crippen LogP) is 5.98. The number of unbranched alkanes of at least 4 members (excludes halogenated alkanes) is 1. The molecule has 4 rings (SSSR count). The number of hydrogen-bond donors (Lipinski definition) is 1. The van der Waals surface area contributed by atoms with Crippen LogP contribution in [-0.2, 0) is 17.8 Å². The number of nitrogens with two attached hydrogens (primary N) is 1. The molecular weight excluding hydrogens is 445 g/mol. The molecule has 0 aliphatic rings. The Morgan fingerprint density at radius 3 is 2.40 bits per heavy atom. The smallest absolute Gasteiger partial charge is 0.311 e. The molecule has 0 heterocycles. The summed E-state index contributed by atoms with van der Waals surface area (Å²) in [5.41, 5.74) is 7.20. The molecule has 0 atom stereocenters. The average Bonchev–Trinajstić information content (AvgIpc) is 2.86. The maximum absolute atomic E-state index is 13.8. The highest BCUT2D eigenvalue weighted by Crippen LogP contribution is 2.24. The van der Waals surface area contributed by atoms with Crippen LogP contribution in [0.25, 0.3) is 10.8 Å². The van der Waals surface area contributed by atoms with Gasteiger partial charge >= 0.3 is 5.97 Å². The van der Waals surface area contributed by atoms with E-state index in [0.29, 0.717) is 17.7 Å². The highest BCUT2D eigenvalue weighted by Gasteiger charge is 2.12. The Morgan fingerprint density at radius 2 is 1.57 bits per heavy atom. The number of amides is 1. The van der Waals surface area contributed by atoms with Gasteiger partial charge in [-0.2, -0.15) is 0 Å². The zero-order chi connectivity index (χ0) is 24.6. The van der Waals surface area contributed by atoms with Crippen molar-refractivity contribution in [1.29, 1.82) is 0 Å². The summed E-state index contributed by atoms with van der Waals surface area (Å²) in [6.45, 7) is 0.173. The van der Waals surface area contributed by atoms with Crippen molar-refractivity contribution >= 4 is 22.6 Å². The first-order valence-corrected chi connectivity index (χ1v) is 11.5. The minimum atomic E-state index is -0.631. The highest BCUT2D eigenvalue weighted by atomic mass is 19.1. The summed E-state index contributed by atoms with van der Waals surface area (Å²) in [6, 6.07) is 25.1. The molecule has 0 saturated heterocycles. The van der Waals surface area contributed by atoms with Crippen LogP contribution in [0.4, 0.5) is 4.39 Å². The molecule has 0 unspecified atom stereocenters. The molecule has 35 heavy (non-hydrogen) atoms. The molecule has 178 valence electrons. The summed E-state index contributed by atoms with van der Waals surface area (Å²) in [6.07, 6.45) is 2.57. The summed E-state index contributed by atoms with van der Waals surface area (Å²) < 4.78 is 24.9. The Morgan fingerprint density at radius 1 is 0.829 bits per heavy atom. The van der Waals surface area contributed by atoms with Crippen molar-refractivity contribution in [2.75, 3.05) is 0 Å². The number of carbonyl (C=O) groups excluding carboxylic acids is 2. The van der Waals surface area contributed by atoms with Crippen molar-refractivity contribution < 1.29 is 23.5 Å². The van der Waals surface area contributed by atoms with Crippen LogP contribution in [0.15, 0.2) is 84.9 Å². The van der Waals surface area contributed by atoms with E-state index in [0.717, 1.165) is 23.6 Å². The van der Waals surface area contributed by atoms with Gasteiger partial charge in [0.25, 0.3) is 5.91 Å². The van der Waals surface area contributed by atoms with E-state index in [2.05, 4.69) is 12.1 Å². The molecule has 6 heteroatoms. The lowest BCUT2D eigenvalue weighted by molar-refractivity contribution is -0.134. The first-order valence-electron chi connectivity index (χ1n) is 11.5. The first-order chi connectivity index (χ1) is 17.0.